The average Bonchev–Trinajstić information content (AvgIpc) is 2.41. The highest BCUT2D eigenvalue weighted by molar-refractivity contribution is 5.60. The van der Waals surface area contributed by atoms with Crippen LogP contribution in [0.1, 0.15) is 32.6 Å². The molecule has 18 heavy (non-hydrogen) atoms. The lowest BCUT2D eigenvalue weighted by molar-refractivity contribution is -0.127. The maximum absolute atomic E-state index is 11.4. The Hall–Kier alpha value is -0.450. The van der Waals surface area contributed by atoms with E-state index in [1.165, 1.54) is 6.42 Å². The number of hydrogen-bond acceptors (Lipinski definition) is 4. The fourth-order valence-corrected chi connectivity index (χ4v) is 3.10. The number of likely N-dealkylation sites (tertiary alicyclic amines) is 1. The minimum atomic E-state index is -0.271. The highest BCUT2D eigenvalue weighted by Gasteiger charge is 2.35. The molecule has 4 heteroatoms. The van der Waals surface area contributed by atoms with Crippen LogP contribution in [0.5, 0.6) is 0 Å². The average molecular weight is 255 g/mol. The van der Waals surface area contributed by atoms with Crippen LogP contribution in [0.25, 0.3) is 0 Å². The molecule has 0 aromatic heterocycles. The van der Waals surface area contributed by atoms with Crippen LogP contribution >= 0.6 is 0 Å². The van der Waals surface area contributed by atoms with E-state index in [9.17, 15) is 4.79 Å². The lowest BCUT2D eigenvalue weighted by atomic mass is 9.83. The third kappa shape index (κ3) is 3.53. The highest BCUT2D eigenvalue weighted by atomic mass is 16.5. The van der Waals surface area contributed by atoms with Crippen molar-refractivity contribution >= 4 is 6.29 Å². The van der Waals surface area contributed by atoms with Crippen LogP contribution in [0.3, 0.4) is 0 Å². The van der Waals surface area contributed by atoms with Crippen LogP contribution in [0.15, 0.2) is 0 Å². The largest absolute Gasteiger partial charge is 0.380 e. The molecule has 2 aliphatic heterocycles. The topological polar surface area (TPSA) is 38.8 Å². The second kappa shape index (κ2) is 6.64. The molecule has 2 heterocycles. The van der Waals surface area contributed by atoms with E-state index >= 15 is 0 Å². The van der Waals surface area contributed by atoms with Gasteiger partial charge in [0.05, 0.1) is 18.1 Å². The van der Waals surface area contributed by atoms with Crippen molar-refractivity contribution in [2.75, 3.05) is 39.5 Å². The van der Waals surface area contributed by atoms with Gasteiger partial charge in [-0.25, -0.2) is 0 Å². The summed E-state index contributed by atoms with van der Waals surface area (Å²) in [5, 5.41) is 0. The van der Waals surface area contributed by atoms with Crippen LogP contribution in [0.2, 0.25) is 0 Å². The zero-order chi connectivity index (χ0) is 12.8. The maximum atomic E-state index is 11.4. The molecule has 0 aromatic carbocycles. The number of hydrogen-bond donors (Lipinski definition) is 0. The van der Waals surface area contributed by atoms with E-state index in [1.54, 1.807) is 0 Å². The molecule has 0 radical (unpaired) electrons. The number of nitrogens with zero attached hydrogens (tertiary/aromatic N) is 1. The van der Waals surface area contributed by atoms with E-state index in [4.69, 9.17) is 9.47 Å². The molecule has 0 N–H and O–H groups in total. The predicted molar refractivity (Wildman–Crippen MR) is 69.6 cm³/mol. The lowest BCUT2D eigenvalue weighted by Crippen LogP contribution is -2.49. The second-order valence-electron chi connectivity index (χ2n) is 5.59. The van der Waals surface area contributed by atoms with Crippen LogP contribution < -0.4 is 0 Å². The van der Waals surface area contributed by atoms with Crippen molar-refractivity contribution in [1.29, 1.82) is 0 Å². The number of carbonyl (C=O) groups excluding carboxylic acids is 1. The van der Waals surface area contributed by atoms with E-state index in [0.29, 0.717) is 12.7 Å². The van der Waals surface area contributed by atoms with Crippen LogP contribution in [0, 0.1) is 5.41 Å². The molecule has 4 nitrogen and oxygen atoms in total. The predicted octanol–water partition coefficient (Wildman–Crippen LogP) is 1.48. The van der Waals surface area contributed by atoms with Gasteiger partial charge in [0.2, 0.25) is 0 Å². The van der Waals surface area contributed by atoms with Gasteiger partial charge < -0.3 is 14.3 Å². The van der Waals surface area contributed by atoms with Gasteiger partial charge in [0, 0.05) is 26.3 Å². The third-order valence-electron chi connectivity index (χ3n) is 4.01. The molecule has 2 atom stereocenters. The molecule has 2 aliphatic rings. The summed E-state index contributed by atoms with van der Waals surface area (Å²) >= 11 is 0. The Morgan fingerprint density at radius 2 is 2.39 bits per heavy atom. The first-order chi connectivity index (χ1) is 8.78. The molecule has 0 aliphatic carbocycles. The summed E-state index contributed by atoms with van der Waals surface area (Å²) in [6, 6.07) is 0. The Morgan fingerprint density at radius 1 is 1.50 bits per heavy atom. The van der Waals surface area contributed by atoms with Gasteiger partial charge in [-0.3, -0.25) is 4.90 Å². The molecule has 104 valence electrons. The molecule has 0 aromatic rings. The Morgan fingerprint density at radius 3 is 3.06 bits per heavy atom. The number of ether oxygens (including phenoxy) is 2. The summed E-state index contributed by atoms with van der Waals surface area (Å²) < 4.78 is 11.2. The van der Waals surface area contributed by atoms with Gasteiger partial charge in [-0.15, -0.1) is 0 Å². The Bertz CT molecular complexity index is 262. The van der Waals surface area contributed by atoms with Crippen LogP contribution in [-0.2, 0) is 14.3 Å². The Kier molecular flexibility index (Phi) is 5.15. The summed E-state index contributed by atoms with van der Waals surface area (Å²) in [6.45, 7) is 7.09. The fraction of sp³-hybridized carbons (Fsp3) is 0.929. The zero-order valence-corrected chi connectivity index (χ0v) is 11.4. The Balaban J connectivity index is 1.88. The molecule has 0 spiro atoms. The molecule has 0 bridgehead atoms. The van der Waals surface area contributed by atoms with Gasteiger partial charge in [-0.05, 0) is 39.2 Å². The van der Waals surface area contributed by atoms with Crippen molar-refractivity contribution in [1.82, 2.24) is 4.90 Å². The third-order valence-corrected chi connectivity index (χ3v) is 4.01. The minimum Gasteiger partial charge on any atom is -0.380 e. The van der Waals surface area contributed by atoms with Gasteiger partial charge in [-0.2, -0.15) is 0 Å². The van der Waals surface area contributed by atoms with Crippen molar-refractivity contribution in [3.05, 3.63) is 0 Å². The van der Waals surface area contributed by atoms with Crippen molar-refractivity contribution in [2.45, 2.75) is 38.7 Å². The summed E-state index contributed by atoms with van der Waals surface area (Å²) in [6.07, 6.45) is 5.75. The number of carbonyl (C=O) groups is 1. The van der Waals surface area contributed by atoms with E-state index < -0.39 is 0 Å². The maximum Gasteiger partial charge on any atom is 0.129 e. The van der Waals surface area contributed by atoms with Gasteiger partial charge >= 0.3 is 0 Å². The van der Waals surface area contributed by atoms with Crippen LogP contribution in [-0.4, -0.2) is 56.7 Å². The number of piperidine rings is 1. The monoisotopic (exact) mass is 255 g/mol. The normalized spacial score (nSPS) is 34.4. The van der Waals surface area contributed by atoms with Crippen molar-refractivity contribution in [2.24, 2.45) is 5.41 Å². The smallest absolute Gasteiger partial charge is 0.129 e. The molecule has 0 amide bonds. The number of aldehydes is 1. The van der Waals surface area contributed by atoms with Gasteiger partial charge in [-0.1, -0.05) is 0 Å². The van der Waals surface area contributed by atoms with Gasteiger partial charge in [0.25, 0.3) is 0 Å². The van der Waals surface area contributed by atoms with Gasteiger partial charge in [0.15, 0.2) is 0 Å². The van der Waals surface area contributed by atoms with E-state index in [1.807, 2.05) is 6.92 Å². The highest BCUT2D eigenvalue weighted by Crippen LogP contribution is 2.28. The van der Waals surface area contributed by atoms with Gasteiger partial charge in [0.1, 0.15) is 6.29 Å². The summed E-state index contributed by atoms with van der Waals surface area (Å²) in [4.78, 5) is 13.8. The molecule has 2 rings (SSSR count). The fourth-order valence-electron chi connectivity index (χ4n) is 3.10. The second-order valence-corrected chi connectivity index (χ2v) is 5.59. The first-order valence-corrected chi connectivity index (χ1v) is 7.16. The van der Waals surface area contributed by atoms with Crippen LogP contribution in [0.4, 0.5) is 0 Å². The molecule has 2 fully saturated rings. The molecule has 2 saturated heterocycles. The van der Waals surface area contributed by atoms with E-state index in [-0.39, 0.29) is 5.41 Å². The lowest BCUT2D eigenvalue weighted by Gasteiger charge is -2.40. The number of rotatable bonds is 5. The summed E-state index contributed by atoms with van der Waals surface area (Å²) in [5.74, 6) is 0. The van der Waals surface area contributed by atoms with Crippen molar-refractivity contribution in [3.8, 4) is 0 Å². The van der Waals surface area contributed by atoms with E-state index in [0.717, 1.165) is 58.4 Å². The molecular weight excluding hydrogens is 230 g/mol. The molecular formula is C14H25NO3. The van der Waals surface area contributed by atoms with E-state index in [2.05, 4.69) is 4.90 Å². The summed E-state index contributed by atoms with van der Waals surface area (Å²) in [5.41, 5.74) is -0.271. The van der Waals surface area contributed by atoms with Crippen molar-refractivity contribution in [3.63, 3.8) is 0 Å². The Labute approximate surface area is 110 Å². The molecule has 0 saturated carbocycles. The van der Waals surface area contributed by atoms with Crippen molar-refractivity contribution < 1.29 is 14.3 Å². The summed E-state index contributed by atoms with van der Waals surface area (Å²) in [7, 11) is 0. The minimum absolute atomic E-state index is 0.271. The first-order valence-electron chi connectivity index (χ1n) is 7.16. The zero-order valence-electron chi connectivity index (χ0n) is 11.4. The quantitative estimate of drug-likeness (QED) is 0.698. The molecule has 2 unspecified atom stereocenters. The standard InChI is InChI=1S/C14H25NO3/c1-2-18-13-5-3-7-15(9-13)10-14(11-16)6-4-8-17-12-14/h11,13H,2-10,12H2,1H3. The first kappa shape index (κ1) is 14.0. The SMILES string of the molecule is CCOC1CCCN(CC2(C=O)CCCOC2)C1.